The Labute approximate surface area is 176 Å². The molecular weight excluding hydrogens is 390 g/mol. The van der Waals surface area contributed by atoms with E-state index in [4.69, 9.17) is 16.3 Å². The number of aryl methyl sites for hydroxylation is 2. The molecule has 0 saturated heterocycles. The van der Waals surface area contributed by atoms with Crippen LogP contribution in [0.25, 0.3) is 0 Å². The fourth-order valence-corrected chi connectivity index (χ4v) is 2.70. The number of anilines is 1. The van der Waals surface area contributed by atoms with Gasteiger partial charge >= 0.3 is 0 Å². The van der Waals surface area contributed by atoms with Crippen molar-refractivity contribution in [2.24, 2.45) is 5.10 Å². The Balaban J connectivity index is 1.86. The first-order valence-corrected chi connectivity index (χ1v) is 9.77. The van der Waals surface area contributed by atoms with Gasteiger partial charge in [0, 0.05) is 29.1 Å². The highest BCUT2D eigenvalue weighted by molar-refractivity contribution is 6.30. The quantitative estimate of drug-likeness (QED) is 0.488. The molecule has 0 aromatic heterocycles. The summed E-state index contributed by atoms with van der Waals surface area (Å²) in [5, 5.41) is 7.31. The Hall–Kier alpha value is -2.86. The Kier molecular flexibility index (Phi) is 8.21. The van der Waals surface area contributed by atoms with Gasteiger partial charge in [-0.25, -0.2) is 5.43 Å². The smallest absolute Gasteiger partial charge is 0.240 e. The summed E-state index contributed by atoms with van der Waals surface area (Å²) < 4.78 is 5.70. The summed E-state index contributed by atoms with van der Waals surface area (Å²) in [5.74, 6) is 0.0429. The van der Waals surface area contributed by atoms with Gasteiger partial charge in [0.25, 0.3) is 0 Å². The maximum Gasteiger partial charge on any atom is 0.240 e. The molecule has 7 heteroatoms. The minimum Gasteiger partial charge on any atom is -0.490 e. The van der Waals surface area contributed by atoms with Crippen LogP contribution in [0.5, 0.6) is 5.75 Å². The van der Waals surface area contributed by atoms with Crippen molar-refractivity contribution in [3.05, 3.63) is 58.1 Å². The van der Waals surface area contributed by atoms with Crippen molar-refractivity contribution >= 4 is 35.3 Å². The fraction of sp³-hybridized carbons (Fsp3) is 0.318. The van der Waals surface area contributed by atoms with Gasteiger partial charge in [-0.2, -0.15) is 5.10 Å². The van der Waals surface area contributed by atoms with E-state index in [1.807, 2.05) is 45.9 Å². The molecule has 0 unspecified atom stereocenters. The highest BCUT2D eigenvalue weighted by Gasteiger charge is 2.09. The number of nitrogens with zero attached hydrogens (tertiary/aromatic N) is 1. The molecule has 0 bridgehead atoms. The summed E-state index contributed by atoms with van der Waals surface area (Å²) in [6.45, 7) is 7.71. The van der Waals surface area contributed by atoms with Crippen LogP contribution in [0.15, 0.2) is 41.5 Å². The third kappa shape index (κ3) is 7.58. The van der Waals surface area contributed by atoms with Gasteiger partial charge in [0.2, 0.25) is 11.8 Å². The minimum atomic E-state index is -0.356. The average molecular weight is 416 g/mol. The number of nitrogens with one attached hydrogen (secondary N) is 2. The Morgan fingerprint density at radius 1 is 1.10 bits per heavy atom. The molecule has 154 valence electrons. The van der Waals surface area contributed by atoms with E-state index in [0.29, 0.717) is 16.3 Å². The van der Waals surface area contributed by atoms with E-state index in [0.717, 1.165) is 16.8 Å². The number of carbonyl (C=O) groups excluding carboxylic acids is 2. The predicted molar refractivity (Wildman–Crippen MR) is 117 cm³/mol. The number of benzene rings is 2. The van der Waals surface area contributed by atoms with Gasteiger partial charge in [0.15, 0.2) is 0 Å². The number of rotatable bonds is 8. The second-order valence-corrected chi connectivity index (χ2v) is 7.44. The van der Waals surface area contributed by atoms with Crippen LogP contribution in [0.4, 0.5) is 5.69 Å². The number of ether oxygens (including phenoxy) is 1. The van der Waals surface area contributed by atoms with Gasteiger partial charge in [0.1, 0.15) is 5.75 Å². The molecule has 6 nitrogen and oxygen atoms in total. The Bertz CT molecular complexity index is 910. The van der Waals surface area contributed by atoms with E-state index in [9.17, 15) is 9.59 Å². The number of carbonyl (C=O) groups is 2. The summed E-state index contributed by atoms with van der Waals surface area (Å²) in [5.41, 5.74) is 5.86. The molecule has 2 N–H and O–H groups in total. The normalized spacial score (nSPS) is 11.0. The van der Waals surface area contributed by atoms with Gasteiger partial charge in [-0.15, -0.1) is 0 Å². The van der Waals surface area contributed by atoms with Crippen molar-refractivity contribution in [2.75, 3.05) is 5.32 Å². The Morgan fingerprint density at radius 3 is 2.55 bits per heavy atom. The minimum absolute atomic E-state index is 0.00605. The van der Waals surface area contributed by atoms with Gasteiger partial charge in [-0.3, -0.25) is 9.59 Å². The lowest BCUT2D eigenvalue weighted by atomic mass is 10.1. The van der Waals surface area contributed by atoms with Crippen LogP contribution in [0, 0.1) is 13.8 Å². The number of halogens is 1. The predicted octanol–water partition coefficient (Wildman–Crippen LogP) is 4.61. The van der Waals surface area contributed by atoms with E-state index in [-0.39, 0.29) is 30.8 Å². The molecule has 0 spiro atoms. The first kappa shape index (κ1) is 22.4. The lowest BCUT2D eigenvalue weighted by Gasteiger charge is -2.12. The SMILES string of the molecule is Cc1ccc(C)c(NC(=O)CCC(=O)NN=Cc2cc(Cl)ccc2OC(C)C)c1. The van der Waals surface area contributed by atoms with E-state index in [2.05, 4.69) is 15.8 Å². The summed E-state index contributed by atoms with van der Waals surface area (Å²) >= 11 is 6.02. The Morgan fingerprint density at radius 2 is 1.83 bits per heavy atom. The van der Waals surface area contributed by atoms with Crippen molar-refractivity contribution in [1.82, 2.24) is 5.43 Å². The number of hydrazone groups is 1. The van der Waals surface area contributed by atoms with Crippen molar-refractivity contribution < 1.29 is 14.3 Å². The topological polar surface area (TPSA) is 79.8 Å². The zero-order valence-corrected chi connectivity index (χ0v) is 17.8. The molecule has 2 rings (SSSR count). The molecule has 0 aliphatic carbocycles. The van der Waals surface area contributed by atoms with Crippen LogP contribution < -0.4 is 15.5 Å². The average Bonchev–Trinajstić information content (AvgIpc) is 2.65. The molecule has 29 heavy (non-hydrogen) atoms. The molecule has 0 saturated carbocycles. The van der Waals surface area contributed by atoms with E-state index >= 15 is 0 Å². The van der Waals surface area contributed by atoms with Crippen LogP contribution in [0.1, 0.15) is 43.4 Å². The largest absolute Gasteiger partial charge is 0.490 e. The van der Waals surface area contributed by atoms with Crippen LogP contribution in [-0.2, 0) is 9.59 Å². The van der Waals surface area contributed by atoms with Crippen molar-refractivity contribution in [3.8, 4) is 5.75 Å². The summed E-state index contributed by atoms with van der Waals surface area (Å²) in [7, 11) is 0. The molecule has 0 fully saturated rings. The van der Waals surface area contributed by atoms with E-state index in [1.165, 1.54) is 6.21 Å². The molecule has 2 aromatic carbocycles. The van der Waals surface area contributed by atoms with E-state index in [1.54, 1.807) is 18.2 Å². The number of hydrogen-bond acceptors (Lipinski definition) is 4. The van der Waals surface area contributed by atoms with Crippen molar-refractivity contribution in [1.29, 1.82) is 0 Å². The van der Waals surface area contributed by atoms with Gasteiger partial charge in [-0.05, 0) is 63.1 Å². The molecule has 0 aliphatic rings. The van der Waals surface area contributed by atoms with Gasteiger partial charge in [0.05, 0.1) is 12.3 Å². The van der Waals surface area contributed by atoms with Crippen LogP contribution in [-0.4, -0.2) is 24.1 Å². The molecular formula is C22H26ClN3O3. The second-order valence-electron chi connectivity index (χ2n) is 7.01. The maximum atomic E-state index is 12.1. The van der Waals surface area contributed by atoms with Crippen LogP contribution in [0.3, 0.4) is 0 Å². The molecule has 0 radical (unpaired) electrons. The standard InChI is InChI=1S/C22H26ClN3O3/c1-14(2)29-20-8-7-18(23)12-17(20)13-24-26-22(28)10-9-21(27)25-19-11-15(3)5-6-16(19)4/h5-8,11-14H,9-10H2,1-4H3,(H,25,27)(H,26,28). The van der Waals surface area contributed by atoms with Crippen molar-refractivity contribution in [2.45, 2.75) is 46.6 Å². The lowest BCUT2D eigenvalue weighted by Crippen LogP contribution is -2.21. The molecule has 0 heterocycles. The monoisotopic (exact) mass is 415 g/mol. The molecule has 2 amide bonds. The first-order valence-electron chi connectivity index (χ1n) is 9.40. The molecule has 2 aromatic rings. The number of amides is 2. The zero-order valence-electron chi connectivity index (χ0n) is 17.1. The van der Waals surface area contributed by atoms with Crippen molar-refractivity contribution in [3.63, 3.8) is 0 Å². The maximum absolute atomic E-state index is 12.1. The third-order valence-electron chi connectivity index (χ3n) is 3.97. The zero-order chi connectivity index (χ0) is 21.4. The second kappa shape index (κ2) is 10.6. The molecule has 0 atom stereocenters. The highest BCUT2D eigenvalue weighted by Crippen LogP contribution is 2.22. The fourth-order valence-electron chi connectivity index (χ4n) is 2.52. The summed E-state index contributed by atoms with van der Waals surface area (Å²) in [4.78, 5) is 24.1. The number of hydrogen-bond donors (Lipinski definition) is 2. The summed E-state index contributed by atoms with van der Waals surface area (Å²) in [6.07, 6.45) is 1.55. The van der Waals surface area contributed by atoms with Gasteiger partial charge in [-0.1, -0.05) is 23.7 Å². The highest BCUT2D eigenvalue weighted by atomic mass is 35.5. The van der Waals surface area contributed by atoms with Gasteiger partial charge < -0.3 is 10.1 Å². The third-order valence-corrected chi connectivity index (χ3v) is 4.21. The van der Waals surface area contributed by atoms with Crippen LogP contribution >= 0.6 is 11.6 Å². The van der Waals surface area contributed by atoms with Crippen LogP contribution in [0.2, 0.25) is 5.02 Å². The summed E-state index contributed by atoms with van der Waals surface area (Å²) in [6, 6.07) is 11.0. The van der Waals surface area contributed by atoms with E-state index < -0.39 is 0 Å². The molecule has 0 aliphatic heterocycles. The lowest BCUT2D eigenvalue weighted by molar-refractivity contribution is -0.124. The first-order chi connectivity index (χ1) is 13.7.